The van der Waals surface area contributed by atoms with Crippen LogP contribution >= 0.6 is 0 Å². The van der Waals surface area contributed by atoms with Gasteiger partial charge in [-0.05, 0) is 6.42 Å². The molecule has 0 unspecified atom stereocenters. The third-order valence-electron chi connectivity index (χ3n) is 0.730. The Morgan fingerprint density at radius 2 is 2.11 bits per heavy atom. The van der Waals surface area contributed by atoms with Gasteiger partial charge in [0.05, 0.1) is 6.61 Å². The summed E-state index contributed by atoms with van der Waals surface area (Å²) < 4.78 is 13.5. The van der Waals surface area contributed by atoms with Crippen molar-refractivity contribution < 1.29 is 8.74 Å². The number of unbranched alkanes of at least 4 members (excludes halogenated alkanes) is 1. The SMILES string of the molecule is CCCCOS(O)(=S)=S. The molecule has 5 heteroatoms. The summed E-state index contributed by atoms with van der Waals surface area (Å²) in [7, 11) is -2.53. The summed E-state index contributed by atoms with van der Waals surface area (Å²) in [4.78, 5) is 0. The van der Waals surface area contributed by atoms with Crippen molar-refractivity contribution in [2.75, 3.05) is 6.61 Å². The predicted octanol–water partition coefficient (Wildman–Crippen LogP) is 1.27. The van der Waals surface area contributed by atoms with E-state index in [1.807, 2.05) is 6.92 Å². The largest absolute Gasteiger partial charge is 0.306 e. The summed E-state index contributed by atoms with van der Waals surface area (Å²) in [6, 6.07) is 0. The molecule has 0 spiro atoms. The normalized spacial score (nSPS) is 11.8. The van der Waals surface area contributed by atoms with Gasteiger partial charge in [0.15, 0.2) is 0 Å². The molecule has 1 N–H and O–H groups in total. The molecule has 0 aromatic rings. The third-order valence-corrected chi connectivity index (χ3v) is 1.77. The Hall–Kier alpha value is 0.710. The van der Waals surface area contributed by atoms with Crippen molar-refractivity contribution >= 4 is 30.1 Å². The van der Waals surface area contributed by atoms with Gasteiger partial charge in [0.25, 0.3) is 0 Å². The van der Waals surface area contributed by atoms with Crippen LogP contribution in [0.4, 0.5) is 0 Å². The van der Waals surface area contributed by atoms with E-state index in [-0.39, 0.29) is 0 Å². The quantitative estimate of drug-likeness (QED) is 0.670. The Balaban J connectivity index is 3.30. The van der Waals surface area contributed by atoms with Crippen LogP contribution in [0.15, 0.2) is 0 Å². The Kier molecular flexibility index (Phi) is 4.87. The molecule has 0 atom stereocenters. The summed E-state index contributed by atoms with van der Waals surface area (Å²) in [5.74, 6) is 0. The molecule has 0 heterocycles. The maximum absolute atomic E-state index is 8.74. The van der Waals surface area contributed by atoms with E-state index in [0.29, 0.717) is 6.61 Å². The zero-order valence-corrected chi connectivity index (χ0v) is 7.65. The van der Waals surface area contributed by atoms with Gasteiger partial charge in [-0.15, -0.1) is 0 Å². The lowest BCUT2D eigenvalue weighted by molar-refractivity contribution is 0.326. The molecule has 56 valence electrons. The zero-order valence-electron chi connectivity index (χ0n) is 5.20. The first-order valence-electron chi connectivity index (χ1n) is 2.68. The molecule has 9 heavy (non-hydrogen) atoms. The summed E-state index contributed by atoms with van der Waals surface area (Å²) in [5, 5.41) is 0. The number of hydrogen-bond donors (Lipinski definition) is 1. The molecule has 0 amide bonds. The highest BCUT2D eigenvalue weighted by atomic mass is 33.1. The zero-order chi connectivity index (χ0) is 7.33. The van der Waals surface area contributed by atoms with Gasteiger partial charge in [-0.25, -0.2) is 0 Å². The van der Waals surface area contributed by atoms with E-state index in [1.165, 1.54) is 0 Å². The fourth-order valence-electron chi connectivity index (χ4n) is 0.309. The Bertz CT molecular complexity index is 149. The van der Waals surface area contributed by atoms with Gasteiger partial charge in [0.2, 0.25) is 0 Å². The maximum Gasteiger partial charge on any atom is 0.135 e. The molecule has 0 aliphatic heterocycles. The van der Waals surface area contributed by atoms with Crippen LogP contribution in [-0.4, -0.2) is 11.2 Å². The fourth-order valence-corrected chi connectivity index (χ4v) is 1.05. The summed E-state index contributed by atoms with van der Waals surface area (Å²) in [5.41, 5.74) is 0. The van der Waals surface area contributed by atoms with Crippen LogP contribution in [-0.2, 0) is 34.3 Å². The molecule has 0 radical (unpaired) electrons. The third kappa shape index (κ3) is 8.71. The molecule has 0 aromatic heterocycles. The highest BCUT2D eigenvalue weighted by Gasteiger charge is 1.92. The van der Waals surface area contributed by atoms with Crippen LogP contribution in [0.2, 0.25) is 0 Å². The van der Waals surface area contributed by atoms with E-state index >= 15 is 0 Å². The Morgan fingerprint density at radius 1 is 1.56 bits per heavy atom. The average molecular weight is 186 g/mol. The van der Waals surface area contributed by atoms with E-state index in [9.17, 15) is 0 Å². The molecule has 0 rings (SSSR count). The van der Waals surface area contributed by atoms with Gasteiger partial charge in [0.1, 0.15) is 7.71 Å². The van der Waals surface area contributed by atoms with E-state index in [0.717, 1.165) is 12.8 Å². The predicted molar refractivity (Wildman–Crippen MR) is 45.6 cm³/mol. The van der Waals surface area contributed by atoms with E-state index in [4.69, 9.17) is 8.74 Å². The second-order valence-corrected chi connectivity index (χ2v) is 6.04. The van der Waals surface area contributed by atoms with Crippen molar-refractivity contribution in [2.45, 2.75) is 19.8 Å². The fraction of sp³-hybridized carbons (Fsp3) is 1.00. The van der Waals surface area contributed by atoms with Crippen LogP contribution < -0.4 is 0 Å². The summed E-state index contributed by atoms with van der Waals surface area (Å²) >= 11 is 8.86. The first-order chi connectivity index (χ1) is 4.06. The lowest BCUT2D eigenvalue weighted by Gasteiger charge is -2.01. The van der Waals surface area contributed by atoms with Crippen LogP contribution in [0, 0.1) is 0 Å². The molecule has 0 saturated heterocycles. The van der Waals surface area contributed by atoms with Crippen LogP contribution in [0.5, 0.6) is 0 Å². The lowest BCUT2D eigenvalue weighted by Crippen LogP contribution is -2.01. The summed E-state index contributed by atoms with van der Waals surface area (Å²) in [6.45, 7) is 2.51. The van der Waals surface area contributed by atoms with Crippen molar-refractivity contribution in [1.82, 2.24) is 0 Å². The minimum Gasteiger partial charge on any atom is -0.306 e. The van der Waals surface area contributed by atoms with Crippen molar-refractivity contribution in [1.29, 1.82) is 0 Å². The van der Waals surface area contributed by atoms with Gasteiger partial charge in [0, 0.05) is 22.4 Å². The molecule has 0 aliphatic carbocycles. The van der Waals surface area contributed by atoms with E-state index in [2.05, 4.69) is 22.4 Å². The topological polar surface area (TPSA) is 29.5 Å². The van der Waals surface area contributed by atoms with Gasteiger partial charge in [-0.2, -0.15) is 0 Å². The highest BCUT2D eigenvalue weighted by Crippen LogP contribution is 1.92. The van der Waals surface area contributed by atoms with Gasteiger partial charge in [-0.1, -0.05) is 13.3 Å². The van der Waals surface area contributed by atoms with Crippen molar-refractivity contribution in [2.24, 2.45) is 0 Å². The van der Waals surface area contributed by atoms with Gasteiger partial charge >= 0.3 is 0 Å². The van der Waals surface area contributed by atoms with Crippen LogP contribution in [0.25, 0.3) is 0 Å². The first kappa shape index (κ1) is 9.71. The maximum atomic E-state index is 8.74. The van der Waals surface area contributed by atoms with Crippen molar-refractivity contribution in [3.05, 3.63) is 0 Å². The molecule has 0 aromatic carbocycles. The smallest absolute Gasteiger partial charge is 0.135 e. The molecule has 0 bridgehead atoms. The second-order valence-electron chi connectivity index (χ2n) is 1.60. The minimum absolute atomic E-state index is 0.481. The van der Waals surface area contributed by atoms with Crippen molar-refractivity contribution in [3.63, 3.8) is 0 Å². The minimum atomic E-state index is -2.53. The lowest BCUT2D eigenvalue weighted by atomic mass is 10.4. The molecule has 0 fully saturated rings. The highest BCUT2D eigenvalue weighted by molar-refractivity contribution is 8.51. The van der Waals surface area contributed by atoms with E-state index in [1.54, 1.807) is 0 Å². The van der Waals surface area contributed by atoms with Gasteiger partial charge < -0.3 is 4.55 Å². The van der Waals surface area contributed by atoms with Crippen LogP contribution in [0.3, 0.4) is 0 Å². The summed E-state index contributed by atoms with van der Waals surface area (Å²) in [6.07, 6.45) is 1.93. The van der Waals surface area contributed by atoms with Crippen LogP contribution in [0.1, 0.15) is 19.8 Å². The monoisotopic (exact) mass is 186 g/mol. The average Bonchev–Trinajstić information content (AvgIpc) is 1.63. The number of rotatable bonds is 4. The molecule has 2 nitrogen and oxygen atoms in total. The molecule has 0 saturated carbocycles. The van der Waals surface area contributed by atoms with E-state index < -0.39 is 7.71 Å². The first-order valence-corrected chi connectivity index (χ1v) is 6.04. The number of hydrogen-bond acceptors (Lipinski definition) is 3. The van der Waals surface area contributed by atoms with Gasteiger partial charge in [-0.3, -0.25) is 4.18 Å². The second kappa shape index (κ2) is 4.51. The molecule has 0 aliphatic rings. The standard InChI is InChI=1S/C4H10O2S3/c1-2-3-4-6-9(5,7)8/h2-4H2,1H3,(H,5,7,8). The Labute approximate surface area is 65.4 Å². The van der Waals surface area contributed by atoms with Crippen molar-refractivity contribution in [3.8, 4) is 0 Å². The molecular formula is C4H10O2S3. The molecular weight excluding hydrogens is 176 g/mol. The Morgan fingerprint density at radius 3 is 2.44 bits per heavy atom.